The molecule has 3 aromatic carbocycles. The van der Waals surface area contributed by atoms with Crippen LogP contribution in [0.5, 0.6) is 0 Å². The third-order valence-electron chi connectivity index (χ3n) is 8.38. The molecule has 40 heavy (non-hydrogen) atoms. The fraction of sp³-hybridized carbons (Fsp3) is 0.353. The highest BCUT2D eigenvalue weighted by Crippen LogP contribution is 2.42. The smallest absolute Gasteiger partial charge is 0.239 e. The number of amides is 1. The quantitative estimate of drug-likeness (QED) is 0.279. The Bertz CT molecular complexity index is 1270. The van der Waals surface area contributed by atoms with Gasteiger partial charge in [-0.1, -0.05) is 91.0 Å². The van der Waals surface area contributed by atoms with Crippen LogP contribution in [0, 0.1) is 6.92 Å². The van der Waals surface area contributed by atoms with E-state index < -0.39 is 11.6 Å². The van der Waals surface area contributed by atoms with Crippen LogP contribution in [0.3, 0.4) is 0 Å². The summed E-state index contributed by atoms with van der Waals surface area (Å²) in [6, 6.07) is 31.4. The fourth-order valence-electron chi connectivity index (χ4n) is 6.14. The van der Waals surface area contributed by atoms with Gasteiger partial charge in [-0.05, 0) is 55.7 Å². The van der Waals surface area contributed by atoms with E-state index >= 15 is 0 Å². The van der Waals surface area contributed by atoms with Gasteiger partial charge in [0.25, 0.3) is 0 Å². The van der Waals surface area contributed by atoms with Crippen LogP contribution in [0.2, 0.25) is 0 Å². The van der Waals surface area contributed by atoms with E-state index in [4.69, 9.17) is 15.5 Å². The Hall–Kier alpha value is -3.74. The van der Waals surface area contributed by atoms with Crippen LogP contribution in [-0.4, -0.2) is 52.7 Å². The van der Waals surface area contributed by atoms with Gasteiger partial charge >= 0.3 is 0 Å². The Labute approximate surface area is 237 Å². The second-order valence-corrected chi connectivity index (χ2v) is 10.7. The maximum absolute atomic E-state index is 12.9. The molecule has 1 atom stereocenters. The molecule has 0 spiro atoms. The van der Waals surface area contributed by atoms with Crippen LogP contribution in [0.1, 0.15) is 53.8 Å². The normalized spacial score (nSPS) is 15.2. The number of carbonyl (C=O) groups excluding carboxylic acids is 1. The first-order valence-corrected chi connectivity index (χ1v) is 14.3. The van der Waals surface area contributed by atoms with Crippen molar-refractivity contribution in [2.24, 2.45) is 5.73 Å². The van der Waals surface area contributed by atoms with Crippen LogP contribution in [0.25, 0.3) is 0 Å². The number of nitrogens with two attached hydrogens (primary N) is 1. The van der Waals surface area contributed by atoms with Crippen LogP contribution < -0.4 is 5.73 Å². The van der Waals surface area contributed by atoms with E-state index in [2.05, 4.69) is 102 Å². The second-order valence-electron chi connectivity index (χ2n) is 10.7. The van der Waals surface area contributed by atoms with Crippen molar-refractivity contribution in [2.45, 2.75) is 56.7 Å². The van der Waals surface area contributed by atoms with Crippen molar-refractivity contribution in [3.8, 4) is 0 Å². The average molecular weight is 537 g/mol. The first-order chi connectivity index (χ1) is 19.6. The highest BCUT2D eigenvalue weighted by Gasteiger charge is 2.39. The lowest BCUT2D eigenvalue weighted by Gasteiger charge is -2.38. The SMILES string of the molecule is COC1CCN(C(=O)[C@@H](N)CCCc2ncn(C(c3ccccc3)(c3ccccc3)c3ccccc3)c2C)CC1. The molecule has 1 aliphatic rings. The first kappa shape index (κ1) is 27.8. The van der Waals surface area contributed by atoms with Gasteiger partial charge in [0, 0.05) is 25.9 Å². The van der Waals surface area contributed by atoms with E-state index in [-0.39, 0.29) is 12.0 Å². The van der Waals surface area contributed by atoms with E-state index in [1.54, 1.807) is 7.11 Å². The van der Waals surface area contributed by atoms with Crippen LogP contribution >= 0.6 is 0 Å². The molecule has 0 saturated carbocycles. The minimum Gasteiger partial charge on any atom is -0.381 e. The van der Waals surface area contributed by atoms with E-state index in [0.717, 1.165) is 50.2 Å². The molecule has 0 bridgehead atoms. The van der Waals surface area contributed by atoms with E-state index in [1.807, 2.05) is 11.2 Å². The lowest BCUT2D eigenvalue weighted by molar-refractivity contribution is -0.135. The van der Waals surface area contributed by atoms with Crippen molar-refractivity contribution >= 4 is 5.91 Å². The summed E-state index contributed by atoms with van der Waals surface area (Å²) < 4.78 is 7.75. The molecule has 1 fully saturated rings. The van der Waals surface area contributed by atoms with Crippen LogP contribution in [-0.2, 0) is 21.5 Å². The summed E-state index contributed by atoms with van der Waals surface area (Å²) >= 11 is 0. The molecule has 4 aromatic rings. The number of aromatic nitrogens is 2. The minimum absolute atomic E-state index is 0.0491. The highest BCUT2D eigenvalue weighted by molar-refractivity contribution is 5.81. The van der Waals surface area contributed by atoms with Gasteiger partial charge < -0.3 is 19.9 Å². The fourth-order valence-corrected chi connectivity index (χ4v) is 6.14. The molecule has 2 heterocycles. The Morgan fingerprint density at radius 2 is 1.43 bits per heavy atom. The van der Waals surface area contributed by atoms with Crippen molar-refractivity contribution in [1.82, 2.24) is 14.5 Å². The number of aryl methyl sites for hydroxylation is 1. The number of hydrogen-bond donors (Lipinski definition) is 1. The minimum atomic E-state index is -0.584. The number of ether oxygens (including phenoxy) is 1. The molecule has 6 nitrogen and oxygen atoms in total. The van der Waals surface area contributed by atoms with Gasteiger partial charge in [0.2, 0.25) is 5.91 Å². The number of hydrogen-bond acceptors (Lipinski definition) is 4. The van der Waals surface area contributed by atoms with Crippen molar-refractivity contribution < 1.29 is 9.53 Å². The largest absolute Gasteiger partial charge is 0.381 e. The topological polar surface area (TPSA) is 73.4 Å². The van der Waals surface area contributed by atoms with Gasteiger partial charge in [0.15, 0.2) is 0 Å². The third kappa shape index (κ3) is 5.47. The Kier molecular flexibility index (Phi) is 8.78. The predicted octanol–water partition coefficient (Wildman–Crippen LogP) is 5.32. The number of imidazole rings is 1. The van der Waals surface area contributed by atoms with Gasteiger partial charge in [-0.2, -0.15) is 0 Å². The van der Waals surface area contributed by atoms with Crippen LogP contribution in [0.15, 0.2) is 97.3 Å². The van der Waals surface area contributed by atoms with E-state index in [9.17, 15) is 4.79 Å². The summed E-state index contributed by atoms with van der Waals surface area (Å²) in [5.74, 6) is 0.0491. The number of benzene rings is 3. The monoisotopic (exact) mass is 536 g/mol. The molecule has 1 saturated heterocycles. The number of carbonyl (C=O) groups is 1. The lowest BCUT2D eigenvalue weighted by atomic mass is 9.76. The standard InChI is InChI=1S/C34H40N4O2/c1-26-32(20-12-19-31(35)33(39)37-23-21-30(40-2)22-24-37)36-25-38(26)34(27-13-6-3-7-14-27,28-15-8-4-9-16-28)29-17-10-5-11-18-29/h3-11,13-18,25,30-31H,12,19-24,35H2,1-2H3/t31-/m0/s1. The first-order valence-electron chi connectivity index (χ1n) is 14.3. The molecule has 1 amide bonds. The molecule has 2 N–H and O–H groups in total. The second kappa shape index (κ2) is 12.6. The highest BCUT2D eigenvalue weighted by atomic mass is 16.5. The summed E-state index contributed by atoms with van der Waals surface area (Å²) in [6.45, 7) is 3.58. The summed E-state index contributed by atoms with van der Waals surface area (Å²) in [4.78, 5) is 19.8. The van der Waals surface area contributed by atoms with Gasteiger partial charge in [-0.15, -0.1) is 0 Å². The molecule has 208 valence electrons. The van der Waals surface area contributed by atoms with E-state index in [0.29, 0.717) is 6.42 Å². The number of methoxy groups -OCH3 is 1. The lowest BCUT2D eigenvalue weighted by Crippen LogP contribution is -2.48. The molecule has 1 aliphatic heterocycles. The number of piperidine rings is 1. The zero-order valence-corrected chi connectivity index (χ0v) is 23.6. The molecular formula is C34H40N4O2. The summed E-state index contributed by atoms with van der Waals surface area (Å²) in [7, 11) is 1.74. The predicted molar refractivity (Wildman–Crippen MR) is 159 cm³/mol. The van der Waals surface area contributed by atoms with Crippen LogP contribution in [0.4, 0.5) is 0 Å². The Morgan fingerprint density at radius 3 is 1.90 bits per heavy atom. The Morgan fingerprint density at radius 1 is 0.925 bits per heavy atom. The zero-order chi connectivity index (χ0) is 28.0. The average Bonchev–Trinajstić information content (AvgIpc) is 3.38. The van der Waals surface area contributed by atoms with Gasteiger partial charge in [0.05, 0.1) is 24.2 Å². The summed E-state index contributed by atoms with van der Waals surface area (Å²) in [5.41, 5.74) is 11.4. The summed E-state index contributed by atoms with van der Waals surface area (Å²) in [5, 5.41) is 0. The third-order valence-corrected chi connectivity index (χ3v) is 8.38. The van der Waals surface area contributed by atoms with E-state index in [1.165, 1.54) is 16.7 Å². The molecular weight excluding hydrogens is 496 g/mol. The van der Waals surface area contributed by atoms with Gasteiger partial charge in [-0.25, -0.2) is 4.98 Å². The van der Waals surface area contributed by atoms with Gasteiger partial charge in [-0.3, -0.25) is 4.79 Å². The molecule has 1 aromatic heterocycles. The number of rotatable bonds is 10. The molecule has 0 aliphatic carbocycles. The maximum Gasteiger partial charge on any atom is 0.239 e. The molecule has 6 heteroatoms. The zero-order valence-electron chi connectivity index (χ0n) is 23.6. The van der Waals surface area contributed by atoms with Crippen molar-refractivity contribution in [1.29, 1.82) is 0 Å². The summed E-state index contributed by atoms with van der Waals surface area (Å²) in [6.07, 6.45) is 6.16. The number of likely N-dealkylation sites (tertiary alicyclic amines) is 1. The molecule has 5 rings (SSSR count). The van der Waals surface area contributed by atoms with Crippen molar-refractivity contribution in [3.63, 3.8) is 0 Å². The maximum atomic E-state index is 12.9. The molecule has 0 unspecified atom stereocenters. The number of nitrogens with zero attached hydrogens (tertiary/aromatic N) is 3. The Balaban J connectivity index is 1.40. The van der Waals surface area contributed by atoms with Crippen molar-refractivity contribution in [2.75, 3.05) is 20.2 Å². The van der Waals surface area contributed by atoms with Crippen molar-refractivity contribution in [3.05, 3.63) is 125 Å². The molecule has 0 radical (unpaired) electrons. The van der Waals surface area contributed by atoms with Gasteiger partial charge in [0.1, 0.15) is 5.54 Å².